The summed E-state index contributed by atoms with van der Waals surface area (Å²) in [5.74, 6) is -0.375. The first-order valence-electron chi connectivity index (χ1n) is 8.15. The van der Waals surface area contributed by atoms with Gasteiger partial charge in [0.1, 0.15) is 22.1 Å². The normalized spacial score (nSPS) is 12.3. The van der Waals surface area contributed by atoms with Gasteiger partial charge in [0.2, 0.25) is 0 Å². The Kier molecular flexibility index (Phi) is 7.60. The lowest BCUT2D eigenvalue weighted by Gasteiger charge is -2.10. The Morgan fingerprint density at radius 2 is 1.77 bits per heavy atom. The molecule has 14 heteroatoms. The van der Waals surface area contributed by atoms with Crippen LogP contribution in [-0.4, -0.2) is 45.4 Å². The molecule has 0 saturated heterocycles. The van der Waals surface area contributed by atoms with Crippen LogP contribution in [-0.2, 0) is 20.2 Å². The van der Waals surface area contributed by atoms with Crippen molar-refractivity contribution in [3.63, 3.8) is 0 Å². The van der Waals surface area contributed by atoms with Crippen molar-refractivity contribution in [3.05, 3.63) is 35.4 Å². The van der Waals surface area contributed by atoms with E-state index >= 15 is 0 Å². The van der Waals surface area contributed by atoms with Gasteiger partial charge in [-0.05, 0) is 30.7 Å². The molecule has 164 valence electrons. The third kappa shape index (κ3) is 6.81. The Bertz CT molecular complexity index is 1170. The Morgan fingerprint density at radius 3 is 2.37 bits per heavy atom. The van der Waals surface area contributed by atoms with Gasteiger partial charge < -0.3 is 15.2 Å². The highest BCUT2D eigenvalue weighted by atomic mass is 35.5. The third-order valence-electron chi connectivity index (χ3n) is 3.58. The number of rotatable bonds is 9. The van der Waals surface area contributed by atoms with Crippen LogP contribution in [0, 0.1) is 0 Å². The second-order valence-electron chi connectivity index (χ2n) is 5.84. The van der Waals surface area contributed by atoms with Gasteiger partial charge in [-0.2, -0.15) is 21.9 Å². The summed E-state index contributed by atoms with van der Waals surface area (Å²) >= 11 is 6.08. The van der Waals surface area contributed by atoms with Crippen LogP contribution in [0.4, 0.5) is 17.1 Å². The van der Waals surface area contributed by atoms with Crippen molar-refractivity contribution in [3.8, 4) is 11.5 Å². The summed E-state index contributed by atoms with van der Waals surface area (Å²) in [4.78, 5) is -0.479. The zero-order valence-electron chi connectivity index (χ0n) is 15.5. The highest BCUT2D eigenvalue weighted by Gasteiger charge is 2.17. The van der Waals surface area contributed by atoms with Crippen LogP contribution in [0.15, 0.2) is 45.5 Å². The topological polar surface area (TPSA) is 178 Å². The summed E-state index contributed by atoms with van der Waals surface area (Å²) in [5.41, 5.74) is 6.21. The first-order valence-corrected chi connectivity index (χ1v) is 11.6. The van der Waals surface area contributed by atoms with Gasteiger partial charge in [0, 0.05) is 6.07 Å². The van der Waals surface area contributed by atoms with Crippen LogP contribution in [0.3, 0.4) is 0 Å². The maximum absolute atomic E-state index is 11.5. The largest absolute Gasteiger partial charge is 0.495 e. The fraction of sp³-hybridized carbons (Fsp3) is 0.250. The second-order valence-corrected chi connectivity index (χ2v) is 9.21. The summed E-state index contributed by atoms with van der Waals surface area (Å²) in [6.07, 6.45) is 0.0298. The number of methoxy groups -OCH3 is 1. The average molecular weight is 480 g/mol. The fourth-order valence-electron chi connectivity index (χ4n) is 2.22. The van der Waals surface area contributed by atoms with Crippen LogP contribution >= 0.6 is 11.6 Å². The van der Waals surface area contributed by atoms with E-state index in [9.17, 15) is 21.4 Å². The molecule has 11 nitrogen and oxygen atoms in total. The average Bonchev–Trinajstić information content (AvgIpc) is 2.64. The zero-order valence-corrected chi connectivity index (χ0v) is 17.9. The van der Waals surface area contributed by atoms with Gasteiger partial charge in [0.15, 0.2) is 0 Å². The Balaban J connectivity index is 2.25. The minimum absolute atomic E-state index is 0.0298. The quantitative estimate of drug-likeness (QED) is 0.210. The third-order valence-corrected chi connectivity index (χ3v) is 5.56. The van der Waals surface area contributed by atoms with Crippen LogP contribution < -0.4 is 15.2 Å². The van der Waals surface area contributed by atoms with E-state index in [0.717, 1.165) is 6.07 Å². The number of nitrogens with two attached hydrogens (primary N) is 1. The van der Waals surface area contributed by atoms with E-state index in [4.69, 9.17) is 31.4 Å². The second kappa shape index (κ2) is 9.57. The SMILES string of the molecule is COc1ccc(N=Nc2cc(OCCCS(=O)(=O)O)c(N)cc2Cl)cc1S(=O)(=O)O. The molecular formula is C16H18ClN3O8S2. The molecule has 2 aromatic carbocycles. The van der Waals surface area contributed by atoms with Crippen LogP contribution in [0.1, 0.15) is 6.42 Å². The number of nitrogen functional groups attached to an aromatic ring is 1. The molecular weight excluding hydrogens is 462 g/mol. The van der Waals surface area contributed by atoms with E-state index in [-0.39, 0.29) is 46.6 Å². The lowest BCUT2D eigenvalue weighted by molar-refractivity contribution is 0.318. The highest BCUT2D eigenvalue weighted by Crippen LogP contribution is 2.36. The van der Waals surface area contributed by atoms with E-state index in [2.05, 4.69) is 10.2 Å². The van der Waals surface area contributed by atoms with E-state index in [1.54, 1.807) is 0 Å². The van der Waals surface area contributed by atoms with Crippen molar-refractivity contribution in [2.75, 3.05) is 25.2 Å². The lowest BCUT2D eigenvalue weighted by Crippen LogP contribution is -2.09. The number of halogens is 1. The number of azo groups is 1. The van der Waals surface area contributed by atoms with Crippen LogP contribution in [0.5, 0.6) is 11.5 Å². The molecule has 0 aliphatic rings. The maximum Gasteiger partial charge on any atom is 0.298 e. The van der Waals surface area contributed by atoms with Crippen molar-refractivity contribution in [1.29, 1.82) is 0 Å². The number of anilines is 1. The summed E-state index contributed by atoms with van der Waals surface area (Å²) in [7, 11) is -7.40. The summed E-state index contributed by atoms with van der Waals surface area (Å²) < 4.78 is 72.6. The van der Waals surface area contributed by atoms with Crippen molar-refractivity contribution in [2.24, 2.45) is 10.2 Å². The minimum atomic E-state index is -4.54. The lowest BCUT2D eigenvalue weighted by atomic mass is 10.2. The molecule has 0 unspecified atom stereocenters. The van der Waals surface area contributed by atoms with E-state index in [1.165, 1.54) is 31.4 Å². The van der Waals surface area contributed by atoms with Gasteiger partial charge in [-0.15, -0.1) is 5.11 Å². The molecule has 30 heavy (non-hydrogen) atoms. The molecule has 0 heterocycles. The number of hydrogen-bond acceptors (Lipinski definition) is 9. The minimum Gasteiger partial charge on any atom is -0.495 e. The van der Waals surface area contributed by atoms with Crippen LogP contribution in [0.2, 0.25) is 5.02 Å². The van der Waals surface area contributed by atoms with Crippen molar-refractivity contribution >= 4 is 48.9 Å². The molecule has 0 aliphatic heterocycles. The van der Waals surface area contributed by atoms with E-state index in [1.807, 2.05) is 0 Å². The predicted octanol–water partition coefficient (Wildman–Crippen LogP) is 3.25. The molecule has 0 amide bonds. The van der Waals surface area contributed by atoms with Gasteiger partial charge in [-0.3, -0.25) is 9.11 Å². The predicted molar refractivity (Wildman–Crippen MR) is 109 cm³/mol. The molecule has 0 fully saturated rings. The van der Waals surface area contributed by atoms with Crippen molar-refractivity contribution < 1.29 is 35.4 Å². The van der Waals surface area contributed by atoms with Gasteiger partial charge in [-0.1, -0.05) is 11.6 Å². The smallest absolute Gasteiger partial charge is 0.298 e. The van der Waals surface area contributed by atoms with E-state index in [0.29, 0.717) is 0 Å². The standard InChI is InChI=1S/C16H18ClN3O8S2/c1-27-14-4-3-10(7-16(14)30(24,25)26)19-20-13-9-15(12(18)8-11(13)17)28-5-2-6-29(21,22)23/h3-4,7-9H,2,5-6,18H2,1H3,(H,21,22,23)(H,24,25,26). The maximum atomic E-state index is 11.5. The first-order chi connectivity index (χ1) is 13.9. The first kappa shape index (κ1) is 23.8. The molecule has 0 saturated carbocycles. The number of nitrogens with zero attached hydrogens (tertiary/aromatic N) is 2. The number of hydrogen-bond donors (Lipinski definition) is 3. The molecule has 0 bridgehead atoms. The number of ether oxygens (including phenoxy) is 2. The molecule has 0 radical (unpaired) electrons. The van der Waals surface area contributed by atoms with Crippen molar-refractivity contribution in [1.82, 2.24) is 0 Å². The van der Waals surface area contributed by atoms with Crippen molar-refractivity contribution in [2.45, 2.75) is 11.3 Å². The van der Waals surface area contributed by atoms with Gasteiger partial charge >= 0.3 is 0 Å². The summed E-state index contributed by atoms with van der Waals surface area (Å²) in [6.45, 7) is -0.0432. The van der Waals surface area contributed by atoms with Gasteiger partial charge in [-0.25, -0.2) is 0 Å². The van der Waals surface area contributed by atoms with Crippen LogP contribution in [0.25, 0.3) is 0 Å². The monoisotopic (exact) mass is 479 g/mol. The molecule has 2 rings (SSSR count). The van der Waals surface area contributed by atoms with Gasteiger partial charge in [0.25, 0.3) is 20.2 Å². The highest BCUT2D eigenvalue weighted by molar-refractivity contribution is 7.86. The fourth-order valence-corrected chi connectivity index (χ4v) is 3.59. The summed E-state index contributed by atoms with van der Waals surface area (Å²) in [6, 6.07) is 6.49. The molecule has 4 N–H and O–H groups in total. The zero-order chi connectivity index (χ0) is 22.5. The van der Waals surface area contributed by atoms with E-state index < -0.39 is 30.9 Å². The molecule has 0 aliphatic carbocycles. The van der Waals surface area contributed by atoms with Gasteiger partial charge in [0.05, 0.1) is 35.9 Å². The Labute approximate surface area is 178 Å². The Morgan fingerprint density at radius 1 is 1.07 bits per heavy atom. The molecule has 0 atom stereocenters. The number of benzene rings is 2. The molecule has 0 aromatic heterocycles. The molecule has 0 spiro atoms. The summed E-state index contributed by atoms with van der Waals surface area (Å²) in [5, 5.41) is 7.95. The Hall–Kier alpha value is -2.45. The molecule has 2 aromatic rings.